The summed E-state index contributed by atoms with van der Waals surface area (Å²) < 4.78 is 0. The van der Waals surface area contributed by atoms with E-state index in [2.05, 4.69) is 9.89 Å². The van der Waals surface area contributed by atoms with Crippen LogP contribution >= 0.6 is 11.6 Å². The molecule has 7 heteroatoms. The number of nitrogens with zero attached hydrogens (tertiary/aromatic N) is 3. The Morgan fingerprint density at radius 3 is 2.46 bits per heavy atom. The van der Waals surface area contributed by atoms with Crippen molar-refractivity contribution in [3.05, 3.63) is 57.1 Å². The van der Waals surface area contributed by atoms with Crippen molar-refractivity contribution in [2.24, 2.45) is 4.99 Å². The summed E-state index contributed by atoms with van der Waals surface area (Å²) in [7, 11) is 0. The fraction of sp³-hybridized carbons (Fsp3) is 0.235. The molecule has 1 heterocycles. The van der Waals surface area contributed by atoms with Gasteiger partial charge in [-0.25, -0.2) is 0 Å². The van der Waals surface area contributed by atoms with E-state index < -0.39 is 16.4 Å². The average Bonchev–Trinajstić information content (AvgIpc) is 3.10. The van der Waals surface area contributed by atoms with E-state index in [9.17, 15) is 15.2 Å². The third-order valence-corrected chi connectivity index (χ3v) is 4.15. The number of nitro groups is 1. The molecule has 1 fully saturated rings. The molecule has 0 radical (unpaired) electrons. The Hall–Kier alpha value is -2.60. The average molecular weight is 345 g/mol. The molecule has 0 amide bonds. The van der Waals surface area contributed by atoms with Gasteiger partial charge in [-0.15, -0.1) is 0 Å². The van der Waals surface area contributed by atoms with Crippen molar-refractivity contribution < 1.29 is 10.0 Å². The second-order valence-electron chi connectivity index (χ2n) is 5.57. The highest BCUT2D eigenvalue weighted by molar-refractivity contribution is 6.31. The van der Waals surface area contributed by atoms with Crippen LogP contribution in [0.15, 0.2) is 41.4 Å². The van der Waals surface area contributed by atoms with E-state index in [4.69, 9.17) is 11.6 Å². The normalized spacial score (nSPS) is 14.5. The maximum Gasteiger partial charge on any atom is 0.263 e. The van der Waals surface area contributed by atoms with Crippen LogP contribution in [0.4, 0.5) is 17.1 Å². The number of nitro benzene ring substituents is 1. The van der Waals surface area contributed by atoms with Crippen LogP contribution in [0.25, 0.3) is 0 Å². The molecule has 0 atom stereocenters. The van der Waals surface area contributed by atoms with E-state index in [1.807, 2.05) is 24.3 Å². The first-order valence-electron chi connectivity index (χ1n) is 7.58. The first kappa shape index (κ1) is 16.3. The molecule has 1 saturated heterocycles. The summed E-state index contributed by atoms with van der Waals surface area (Å²) in [6, 6.07) is 10.1. The Bertz CT molecular complexity index is 784. The lowest BCUT2D eigenvalue weighted by molar-refractivity contribution is -0.398. The van der Waals surface area contributed by atoms with Crippen LogP contribution in [0.2, 0.25) is 5.02 Å². The van der Waals surface area contributed by atoms with Gasteiger partial charge in [0.2, 0.25) is 0 Å². The van der Waals surface area contributed by atoms with Crippen LogP contribution in [0, 0.1) is 10.1 Å². The third kappa shape index (κ3) is 3.49. The summed E-state index contributed by atoms with van der Waals surface area (Å²) >= 11 is 5.83. The van der Waals surface area contributed by atoms with Gasteiger partial charge in [0.25, 0.3) is 5.69 Å². The number of aliphatic imine (C=N–C) groups is 1. The Labute approximate surface area is 144 Å². The summed E-state index contributed by atoms with van der Waals surface area (Å²) in [5, 5.41) is 23.0. The van der Waals surface area contributed by atoms with Crippen LogP contribution in [0.1, 0.15) is 18.4 Å². The number of benzene rings is 2. The zero-order valence-corrected chi connectivity index (χ0v) is 13.6. The molecule has 0 aliphatic carbocycles. The van der Waals surface area contributed by atoms with Gasteiger partial charge >= 0.3 is 0 Å². The minimum atomic E-state index is -0.740. The standard InChI is InChI=1S/C17H16ClN3O3/c18-13-9-12(17(22)16(10-13)21(23)24)11-19-14-3-5-15(6-4-14)20-7-1-2-8-20/h3-6,9-11,22H,1-2,7-8H2/p-1. The van der Waals surface area contributed by atoms with Crippen molar-refractivity contribution in [2.45, 2.75) is 12.8 Å². The second-order valence-corrected chi connectivity index (χ2v) is 6.01. The number of hydrogen-bond donors (Lipinski definition) is 0. The van der Waals surface area contributed by atoms with Gasteiger partial charge in [-0.2, -0.15) is 0 Å². The Morgan fingerprint density at radius 1 is 1.17 bits per heavy atom. The minimum absolute atomic E-state index is 0.0952. The van der Waals surface area contributed by atoms with Gasteiger partial charge in [-0.1, -0.05) is 11.6 Å². The summed E-state index contributed by atoms with van der Waals surface area (Å²) in [6.45, 7) is 2.13. The summed E-state index contributed by atoms with van der Waals surface area (Å²) in [5.41, 5.74) is 1.36. The molecule has 0 aromatic heterocycles. The molecule has 2 aromatic carbocycles. The van der Waals surface area contributed by atoms with Crippen LogP contribution in [0.5, 0.6) is 5.75 Å². The predicted octanol–water partition coefficient (Wildman–Crippen LogP) is 3.67. The smallest absolute Gasteiger partial charge is 0.263 e. The van der Waals surface area contributed by atoms with E-state index >= 15 is 0 Å². The zero-order chi connectivity index (χ0) is 17.1. The lowest BCUT2D eigenvalue weighted by atomic mass is 10.2. The van der Waals surface area contributed by atoms with Crippen molar-refractivity contribution in [3.8, 4) is 5.75 Å². The van der Waals surface area contributed by atoms with E-state index in [-0.39, 0.29) is 10.6 Å². The molecular weight excluding hydrogens is 330 g/mol. The molecule has 6 nitrogen and oxygen atoms in total. The largest absolute Gasteiger partial charge is 0.867 e. The molecule has 0 saturated carbocycles. The molecule has 1 aliphatic heterocycles. The van der Waals surface area contributed by atoms with Crippen molar-refractivity contribution >= 4 is 34.9 Å². The summed E-state index contributed by atoms with van der Waals surface area (Å²) in [4.78, 5) is 16.7. The van der Waals surface area contributed by atoms with Gasteiger partial charge in [0, 0.05) is 36.1 Å². The molecule has 0 spiro atoms. The van der Waals surface area contributed by atoms with E-state index in [0.717, 1.165) is 24.8 Å². The fourth-order valence-corrected chi connectivity index (χ4v) is 2.92. The van der Waals surface area contributed by atoms with E-state index in [1.165, 1.54) is 25.1 Å². The number of halogens is 1. The van der Waals surface area contributed by atoms with Gasteiger partial charge in [0.05, 0.1) is 10.6 Å². The first-order valence-corrected chi connectivity index (χ1v) is 7.96. The van der Waals surface area contributed by atoms with Gasteiger partial charge in [-0.05, 0) is 54.5 Å². The van der Waals surface area contributed by atoms with Gasteiger partial charge in [0.1, 0.15) is 0 Å². The first-order chi connectivity index (χ1) is 11.5. The van der Waals surface area contributed by atoms with Crippen LogP contribution in [0.3, 0.4) is 0 Å². The maximum absolute atomic E-state index is 12.0. The molecule has 0 unspecified atom stereocenters. The molecule has 0 N–H and O–H groups in total. The Kier molecular flexibility index (Phi) is 4.66. The van der Waals surface area contributed by atoms with Crippen LogP contribution in [-0.2, 0) is 0 Å². The van der Waals surface area contributed by atoms with Crippen LogP contribution < -0.4 is 10.0 Å². The summed E-state index contributed by atoms with van der Waals surface area (Å²) in [6.07, 6.45) is 3.73. The lowest BCUT2D eigenvalue weighted by Gasteiger charge is -2.17. The van der Waals surface area contributed by atoms with Gasteiger partial charge in [0.15, 0.2) is 0 Å². The van der Waals surface area contributed by atoms with Crippen molar-refractivity contribution in [3.63, 3.8) is 0 Å². The Morgan fingerprint density at radius 2 is 1.83 bits per heavy atom. The van der Waals surface area contributed by atoms with Crippen LogP contribution in [-0.4, -0.2) is 24.2 Å². The van der Waals surface area contributed by atoms with Crippen molar-refractivity contribution in [1.29, 1.82) is 0 Å². The molecule has 24 heavy (non-hydrogen) atoms. The topological polar surface area (TPSA) is 81.8 Å². The Balaban J connectivity index is 1.82. The highest BCUT2D eigenvalue weighted by Gasteiger charge is 2.12. The van der Waals surface area contributed by atoms with E-state index in [0.29, 0.717) is 5.69 Å². The minimum Gasteiger partial charge on any atom is -0.867 e. The molecule has 0 bridgehead atoms. The number of hydrogen-bond acceptors (Lipinski definition) is 5. The maximum atomic E-state index is 12.0. The highest BCUT2D eigenvalue weighted by atomic mass is 35.5. The van der Waals surface area contributed by atoms with Gasteiger partial charge < -0.3 is 10.0 Å². The fourth-order valence-electron chi connectivity index (χ4n) is 2.70. The molecular formula is C17H15ClN3O3-. The molecule has 3 rings (SSSR count). The lowest BCUT2D eigenvalue weighted by Crippen LogP contribution is -2.17. The van der Waals surface area contributed by atoms with Gasteiger partial charge in [-0.3, -0.25) is 15.1 Å². The van der Waals surface area contributed by atoms with Crippen molar-refractivity contribution in [1.82, 2.24) is 0 Å². The zero-order valence-electron chi connectivity index (χ0n) is 12.8. The SMILES string of the molecule is O=[N+]([O-])c1cc(Cl)cc(C=Nc2ccc(N3CCCC3)cc2)c1[O-]. The second kappa shape index (κ2) is 6.88. The quantitative estimate of drug-likeness (QED) is 0.481. The van der Waals surface area contributed by atoms with Crippen molar-refractivity contribution in [2.75, 3.05) is 18.0 Å². The predicted molar refractivity (Wildman–Crippen MR) is 92.7 cm³/mol. The number of anilines is 1. The molecule has 2 aromatic rings. The monoisotopic (exact) mass is 344 g/mol. The highest BCUT2D eigenvalue weighted by Crippen LogP contribution is 2.30. The number of rotatable bonds is 4. The summed E-state index contributed by atoms with van der Waals surface area (Å²) in [5.74, 6) is -0.693. The van der Waals surface area contributed by atoms with E-state index in [1.54, 1.807) is 0 Å². The third-order valence-electron chi connectivity index (χ3n) is 3.93. The molecule has 124 valence electrons. The molecule has 1 aliphatic rings.